The zero-order valence-corrected chi connectivity index (χ0v) is 18.2. The fourth-order valence-corrected chi connectivity index (χ4v) is 4.02. The summed E-state index contributed by atoms with van der Waals surface area (Å²) in [5, 5.41) is 4.31. The van der Waals surface area contributed by atoms with Gasteiger partial charge in [-0.05, 0) is 79.0 Å². The Labute approximate surface area is 191 Å². The summed E-state index contributed by atoms with van der Waals surface area (Å²) in [5.41, 5.74) is 0.412. The first-order valence-corrected chi connectivity index (χ1v) is 10.6. The molecule has 1 fully saturated rings. The Bertz CT molecular complexity index is 1170. The summed E-state index contributed by atoms with van der Waals surface area (Å²) in [6.07, 6.45) is 1.40. The van der Waals surface area contributed by atoms with Crippen molar-refractivity contribution in [3.05, 3.63) is 82.0 Å². The number of hydrogen-bond acceptors (Lipinski definition) is 5. The van der Waals surface area contributed by atoms with E-state index in [4.69, 9.17) is 39.8 Å². The molecule has 1 aliphatic heterocycles. The van der Waals surface area contributed by atoms with Gasteiger partial charge in [-0.1, -0.05) is 35.0 Å². The van der Waals surface area contributed by atoms with Crippen LogP contribution >= 0.6 is 47.2 Å². The topological polar surface area (TPSA) is 62.6 Å². The number of furan rings is 1. The average Bonchev–Trinajstić information content (AvgIpc) is 3.15. The van der Waals surface area contributed by atoms with E-state index in [-0.39, 0.29) is 10.7 Å². The lowest BCUT2D eigenvalue weighted by Crippen LogP contribution is -2.54. The third kappa shape index (κ3) is 4.44. The molecule has 9 heteroatoms. The van der Waals surface area contributed by atoms with Gasteiger partial charge >= 0.3 is 0 Å². The van der Waals surface area contributed by atoms with Crippen LogP contribution in [0.5, 0.6) is 0 Å². The molecule has 0 radical (unpaired) electrons. The number of benzene rings is 2. The first-order chi connectivity index (χ1) is 14.4. The highest BCUT2D eigenvalue weighted by molar-refractivity contribution is 7.99. The molecule has 2 aromatic carbocycles. The predicted octanol–water partition coefficient (Wildman–Crippen LogP) is 5.57. The zero-order chi connectivity index (χ0) is 21.3. The monoisotopic (exact) mass is 474 g/mol. The highest BCUT2D eigenvalue weighted by atomic mass is 35.5. The maximum Gasteiger partial charge on any atom is 0.270 e. The Kier molecular flexibility index (Phi) is 5.97. The van der Waals surface area contributed by atoms with Crippen LogP contribution < -0.4 is 10.2 Å². The van der Waals surface area contributed by atoms with Crippen LogP contribution in [-0.4, -0.2) is 16.9 Å². The van der Waals surface area contributed by atoms with E-state index in [1.54, 1.807) is 48.5 Å². The lowest BCUT2D eigenvalue weighted by molar-refractivity contribution is -0.122. The third-order valence-electron chi connectivity index (χ3n) is 4.11. The van der Waals surface area contributed by atoms with Crippen molar-refractivity contribution in [2.75, 3.05) is 4.90 Å². The molecule has 5 nitrogen and oxygen atoms in total. The van der Waals surface area contributed by atoms with Crippen molar-refractivity contribution >= 4 is 75.9 Å². The van der Waals surface area contributed by atoms with E-state index >= 15 is 0 Å². The van der Waals surface area contributed by atoms with E-state index in [0.717, 1.165) is 4.90 Å². The van der Waals surface area contributed by atoms with Crippen molar-refractivity contribution in [1.82, 2.24) is 5.32 Å². The molecular weight excluding hydrogens is 463 g/mol. The maximum atomic E-state index is 13.0. The van der Waals surface area contributed by atoms with Gasteiger partial charge in [0.2, 0.25) is 0 Å². The molecule has 2 heterocycles. The predicted molar refractivity (Wildman–Crippen MR) is 122 cm³/mol. The molecule has 0 spiro atoms. The molecule has 1 aromatic heterocycles. The summed E-state index contributed by atoms with van der Waals surface area (Å²) in [7, 11) is 0. The summed E-state index contributed by atoms with van der Waals surface area (Å²) in [6.45, 7) is 0. The van der Waals surface area contributed by atoms with Gasteiger partial charge in [-0.2, -0.15) is 0 Å². The highest BCUT2D eigenvalue weighted by Gasteiger charge is 2.34. The van der Waals surface area contributed by atoms with Crippen molar-refractivity contribution in [2.24, 2.45) is 0 Å². The number of rotatable bonds is 4. The van der Waals surface area contributed by atoms with Crippen LogP contribution in [0, 0.1) is 0 Å². The quantitative estimate of drug-likeness (QED) is 0.304. The van der Waals surface area contributed by atoms with Crippen LogP contribution in [0.4, 0.5) is 5.69 Å². The van der Waals surface area contributed by atoms with Crippen molar-refractivity contribution in [3.8, 4) is 0 Å². The largest absolute Gasteiger partial charge is 0.450 e. The van der Waals surface area contributed by atoms with Gasteiger partial charge in [0.05, 0.1) is 5.69 Å². The van der Waals surface area contributed by atoms with E-state index < -0.39 is 11.8 Å². The number of nitrogens with zero attached hydrogens (tertiary/aromatic N) is 1. The summed E-state index contributed by atoms with van der Waals surface area (Å²) in [5.74, 6) is -0.762. The van der Waals surface area contributed by atoms with Crippen LogP contribution in [-0.2, 0) is 9.59 Å². The Morgan fingerprint density at radius 3 is 2.23 bits per heavy atom. The molecule has 4 rings (SSSR count). The smallest absolute Gasteiger partial charge is 0.270 e. The van der Waals surface area contributed by atoms with Crippen LogP contribution in [0.25, 0.3) is 6.08 Å². The standard InChI is InChI=1S/C21H12Cl2N2O3S2/c22-12-1-5-14(6-2-12)25-20(27)17(19(26)24-21(25)29)11-15-7-10-18(28-15)30-16-8-3-13(23)4-9-16/h1-11H,(H,24,26,29). The van der Waals surface area contributed by atoms with Crippen molar-refractivity contribution in [3.63, 3.8) is 0 Å². The maximum absolute atomic E-state index is 13.0. The number of carbonyl (C=O) groups is 2. The van der Waals surface area contributed by atoms with Gasteiger partial charge < -0.3 is 4.42 Å². The van der Waals surface area contributed by atoms with Crippen molar-refractivity contribution < 1.29 is 14.0 Å². The number of amides is 2. The lowest BCUT2D eigenvalue weighted by Gasteiger charge is -2.28. The molecule has 2 amide bonds. The van der Waals surface area contributed by atoms with Gasteiger partial charge in [0, 0.05) is 14.9 Å². The van der Waals surface area contributed by atoms with E-state index in [0.29, 0.717) is 26.6 Å². The highest BCUT2D eigenvalue weighted by Crippen LogP contribution is 2.31. The molecule has 0 atom stereocenters. The lowest BCUT2D eigenvalue weighted by atomic mass is 10.1. The fourth-order valence-electron chi connectivity index (χ4n) is 2.71. The molecule has 0 bridgehead atoms. The summed E-state index contributed by atoms with van der Waals surface area (Å²) in [4.78, 5) is 27.6. The van der Waals surface area contributed by atoms with Gasteiger partial charge in [0.15, 0.2) is 10.2 Å². The van der Waals surface area contributed by atoms with E-state index in [1.165, 1.54) is 22.7 Å². The average molecular weight is 475 g/mol. The second kappa shape index (κ2) is 8.65. The third-order valence-corrected chi connectivity index (χ3v) is 5.82. The van der Waals surface area contributed by atoms with Gasteiger partial charge in [-0.3, -0.25) is 19.8 Å². The second-order valence-corrected chi connectivity index (χ2v) is 8.48. The molecule has 0 unspecified atom stereocenters. The van der Waals surface area contributed by atoms with Gasteiger partial charge in [0.25, 0.3) is 11.8 Å². The number of nitrogens with one attached hydrogen (secondary N) is 1. The molecule has 1 aliphatic rings. The van der Waals surface area contributed by atoms with Crippen molar-refractivity contribution in [1.29, 1.82) is 0 Å². The Balaban J connectivity index is 1.59. The molecule has 0 aliphatic carbocycles. The number of thiocarbonyl (C=S) groups is 1. The molecule has 1 saturated heterocycles. The Morgan fingerprint density at radius 2 is 1.57 bits per heavy atom. The minimum Gasteiger partial charge on any atom is -0.450 e. The molecule has 0 saturated carbocycles. The van der Waals surface area contributed by atoms with Crippen LogP contribution in [0.2, 0.25) is 10.0 Å². The van der Waals surface area contributed by atoms with Gasteiger partial charge in [0.1, 0.15) is 11.3 Å². The van der Waals surface area contributed by atoms with Gasteiger partial charge in [-0.15, -0.1) is 0 Å². The van der Waals surface area contributed by atoms with E-state index in [2.05, 4.69) is 5.32 Å². The van der Waals surface area contributed by atoms with Gasteiger partial charge in [-0.25, -0.2) is 0 Å². The fraction of sp³-hybridized carbons (Fsp3) is 0. The van der Waals surface area contributed by atoms with Crippen LogP contribution in [0.3, 0.4) is 0 Å². The van der Waals surface area contributed by atoms with Crippen LogP contribution in [0.1, 0.15) is 5.76 Å². The molecule has 150 valence electrons. The Hall–Kier alpha value is -2.58. The van der Waals surface area contributed by atoms with E-state index in [1.807, 2.05) is 12.1 Å². The summed E-state index contributed by atoms with van der Waals surface area (Å²) < 4.78 is 5.75. The van der Waals surface area contributed by atoms with Crippen molar-refractivity contribution in [2.45, 2.75) is 9.99 Å². The van der Waals surface area contributed by atoms with E-state index in [9.17, 15) is 9.59 Å². The molecule has 3 aromatic rings. The zero-order valence-electron chi connectivity index (χ0n) is 15.1. The number of halogens is 2. The second-order valence-electron chi connectivity index (χ2n) is 6.15. The molecule has 1 N–H and O–H groups in total. The summed E-state index contributed by atoms with van der Waals surface area (Å²) >= 11 is 18.4. The molecular formula is C21H12Cl2N2O3S2. The number of hydrogen-bond donors (Lipinski definition) is 1. The normalized spacial score (nSPS) is 15.6. The van der Waals surface area contributed by atoms with Crippen LogP contribution in [0.15, 0.2) is 80.6 Å². The first-order valence-electron chi connectivity index (χ1n) is 8.61. The number of carbonyl (C=O) groups excluding carboxylic acids is 2. The first kappa shape index (κ1) is 20.7. The molecule has 30 heavy (non-hydrogen) atoms. The summed E-state index contributed by atoms with van der Waals surface area (Å²) in [6, 6.07) is 17.3. The minimum atomic E-state index is -0.585. The SMILES string of the molecule is O=C1NC(=S)N(c2ccc(Cl)cc2)C(=O)C1=Cc1ccc(Sc2ccc(Cl)cc2)o1. The Morgan fingerprint density at radius 1 is 0.933 bits per heavy atom. The number of anilines is 1. The minimum absolute atomic E-state index is 0.00269.